The van der Waals surface area contributed by atoms with Gasteiger partial charge in [-0.2, -0.15) is 0 Å². The van der Waals surface area contributed by atoms with Crippen molar-refractivity contribution in [3.8, 4) is 0 Å². The molecule has 0 fully saturated rings. The maximum absolute atomic E-state index is 5.26. The summed E-state index contributed by atoms with van der Waals surface area (Å²) in [4.78, 5) is 0. The first-order valence-electron chi connectivity index (χ1n) is 2.72. The topological polar surface area (TPSA) is 9.23 Å². The van der Waals surface area contributed by atoms with Crippen LogP contribution in [0, 0.1) is 0 Å². The van der Waals surface area contributed by atoms with Gasteiger partial charge in [-0.05, 0) is 6.92 Å². The second-order valence-corrected chi connectivity index (χ2v) is 2.10. The van der Waals surface area contributed by atoms with Crippen LogP contribution < -0.4 is 0 Å². The summed E-state index contributed by atoms with van der Waals surface area (Å²) < 4.78 is 5.26. The molecule has 44 valence electrons. The Balaban J connectivity index is 2.67. The smallest absolute Gasteiger partial charge is 0.102 e. The van der Waals surface area contributed by atoms with Gasteiger partial charge in [-0.3, -0.25) is 0 Å². The fraction of sp³-hybridized carbons (Fsp3) is 0.429. The number of hydrogen-bond acceptors (Lipinski definition) is 1. The third-order valence-corrected chi connectivity index (χ3v) is 1.34. The van der Waals surface area contributed by atoms with Crippen LogP contribution in [0.25, 0.3) is 0 Å². The number of rotatable bonds is 1. The van der Waals surface area contributed by atoms with Gasteiger partial charge in [-0.15, -0.1) is 0 Å². The second-order valence-electron chi connectivity index (χ2n) is 2.10. The predicted molar refractivity (Wildman–Crippen MR) is 33.7 cm³/mol. The van der Waals surface area contributed by atoms with E-state index in [-0.39, 0.29) is 5.60 Å². The molecule has 1 aliphatic rings. The van der Waals surface area contributed by atoms with Crippen molar-refractivity contribution in [2.45, 2.75) is 12.5 Å². The van der Waals surface area contributed by atoms with Crippen LogP contribution in [0.1, 0.15) is 6.92 Å². The first-order valence-corrected chi connectivity index (χ1v) is 2.72. The van der Waals surface area contributed by atoms with Crippen LogP contribution in [0.2, 0.25) is 0 Å². The Morgan fingerprint density at radius 3 is 2.88 bits per heavy atom. The van der Waals surface area contributed by atoms with Crippen molar-refractivity contribution in [2.24, 2.45) is 0 Å². The number of hydrogen-bond donors (Lipinski definition) is 0. The van der Waals surface area contributed by atoms with E-state index in [0.717, 1.165) is 6.61 Å². The average Bonchev–Trinajstić information content (AvgIpc) is 2.17. The van der Waals surface area contributed by atoms with Gasteiger partial charge in [0.2, 0.25) is 0 Å². The van der Waals surface area contributed by atoms with Gasteiger partial charge in [-0.1, -0.05) is 24.8 Å². The zero-order chi connectivity index (χ0) is 6.04. The van der Waals surface area contributed by atoms with Crippen LogP contribution in [-0.4, -0.2) is 12.2 Å². The molecule has 0 aromatic rings. The standard InChI is InChI=1S/C7H10O/c1-3-7(2)5-4-6-8-7/h3-5H,1,6H2,2H3. The molecule has 0 amide bonds. The minimum absolute atomic E-state index is 0.181. The maximum Gasteiger partial charge on any atom is 0.102 e. The summed E-state index contributed by atoms with van der Waals surface area (Å²) in [7, 11) is 0. The van der Waals surface area contributed by atoms with Crippen molar-refractivity contribution >= 4 is 0 Å². The molecule has 1 aliphatic heterocycles. The van der Waals surface area contributed by atoms with Crippen LogP contribution in [0.4, 0.5) is 0 Å². The summed E-state index contributed by atoms with van der Waals surface area (Å²) in [6.07, 6.45) is 5.82. The highest BCUT2D eigenvalue weighted by molar-refractivity contribution is 5.14. The highest BCUT2D eigenvalue weighted by Crippen LogP contribution is 2.17. The molecule has 1 heteroatoms. The van der Waals surface area contributed by atoms with Gasteiger partial charge in [0.05, 0.1) is 6.61 Å². The van der Waals surface area contributed by atoms with Gasteiger partial charge >= 0.3 is 0 Å². The Kier molecular flexibility index (Phi) is 1.22. The summed E-state index contributed by atoms with van der Waals surface area (Å²) in [6.45, 7) is 6.35. The fourth-order valence-corrected chi connectivity index (χ4v) is 0.685. The molecule has 0 radical (unpaired) electrons. The SMILES string of the molecule is C=CC1(C)C=CCO1. The van der Waals surface area contributed by atoms with E-state index in [1.165, 1.54) is 0 Å². The van der Waals surface area contributed by atoms with Crippen LogP contribution in [-0.2, 0) is 4.74 Å². The summed E-state index contributed by atoms with van der Waals surface area (Å²) in [5.41, 5.74) is -0.181. The van der Waals surface area contributed by atoms with Crippen molar-refractivity contribution in [1.29, 1.82) is 0 Å². The lowest BCUT2D eigenvalue weighted by molar-refractivity contribution is 0.0814. The van der Waals surface area contributed by atoms with Crippen molar-refractivity contribution in [3.63, 3.8) is 0 Å². The Bertz CT molecular complexity index is 126. The Hall–Kier alpha value is -0.560. The molecule has 1 atom stereocenters. The molecular weight excluding hydrogens is 100 g/mol. The number of ether oxygens (including phenoxy) is 1. The molecule has 0 aromatic heterocycles. The van der Waals surface area contributed by atoms with Crippen LogP contribution in [0.15, 0.2) is 24.8 Å². The quantitative estimate of drug-likeness (QED) is 0.465. The lowest BCUT2D eigenvalue weighted by atomic mass is 10.1. The van der Waals surface area contributed by atoms with E-state index in [9.17, 15) is 0 Å². The van der Waals surface area contributed by atoms with Crippen LogP contribution in [0.3, 0.4) is 0 Å². The lowest BCUT2D eigenvalue weighted by Gasteiger charge is -2.14. The Morgan fingerprint density at radius 2 is 2.62 bits per heavy atom. The van der Waals surface area contributed by atoms with Gasteiger partial charge in [-0.25, -0.2) is 0 Å². The highest BCUT2D eigenvalue weighted by atomic mass is 16.5. The molecule has 0 bridgehead atoms. The molecule has 0 saturated carbocycles. The third-order valence-electron chi connectivity index (χ3n) is 1.34. The third kappa shape index (κ3) is 0.819. The van der Waals surface area contributed by atoms with E-state index in [0.29, 0.717) is 0 Å². The molecule has 0 spiro atoms. The minimum Gasteiger partial charge on any atom is -0.363 e. The summed E-state index contributed by atoms with van der Waals surface area (Å²) in [5.74, 6) is 0. The van der Waals surface area contributed by atoms with Gasteiger partial charge in [0.15, 0.2) is 0 Å². The van der Waals surface area contributed by atoms with Gasteiger partial charge in [0.25, 0.3) is 0 Å². The molecule has 1 heterocycles. The normalized spacial score (nSPS) is 35.6. The van der Waals surface area contributed by atoms with Crippen molar-refractivity contribution in [1.82, 2.24) is 0 Å². The summed E-state index contributed by atoms with van der Waals surface area (Å²) in [5, 5.41) is 0. The van der Waals surface area contributed by atoms with E-state index in [1.807, 2.05) is 19.1 Å². The van der Waals surface area contributed by atoms with E-state index in [1.54, 1.807) is 6.08 Å². The average molecular weight is 110 g/mol. The molecule has 0 saturated heterocycles. The molecule has 1 nitrogen and oxygen atoms in total. The van der Waals surface area contributed by atoms with E-state index in [4.69, 9.17) is 4.74 Å². The first-order chi connectivity index (χ1) is 3.77. The fourth-order valence-electron chi connectivity index (χ4n) is 0.685. The maximum atomic E-state index is 5.26. The van der Waals surface area contributed by atoms with Crippen LogP contribution >= 0.6 is 0 Å². The molecule has 8 heavy (non-hydrogen) atoms. The lowest BCUT2D eigenvalue weighted by Crippen LogP contribution is -2.17. The van der Waals surface area contributed by atoms with Gasteiger partial charge < -0.3 is 4.74 Å². The monoisotopic (exact) mass is 110 g/mol. The molecular formula is C7H10O. The largest absolute Gasteiger partial charge is 0.363 e. The first kappa shape index (κ1) is 5.57. The van der Waals surface area contributed by atoms with Crippen molar-refractivity contribution in [2.75, 3.05) is 6.61 Å². The summed E-state index contributed by atoms with van der Waals surface area (Å²) in [6, 6.07) is 0. The second kappa shape index (κ2) is 1.75. The zero-order valence-electron chi connectivity index (χ0n) is 5.05. The molecule has 0 aromatic carbocycles. The zero-order valence-corrected chi connectivity index (χ0v) is 5.05. The Labute approximate surface area is 49.7 Å². The molecule has 0 aliphatic carbocycles. The van der Waals surface area contributed by atoms with E-state index < -0.39 is 0 Å². The van der Waals surface area contributed by atoms with Gasteiger partial charge in [0, 0.05) is 0 Å². The Morgan fingerprint density at radius 1 is 1.88 bits per heavy atom. The van der Waals surface area contributed by atoms with E-state index >= 15 is 0 Å². The molecule has 0 N–H and O–H groups in total. The van der Waals surface area contributed by atoms with Gasteiger partial charge in [0.1, 0.15) is 5.60 Å². The highest BCUT2D eigenvalue weighted by Gasteiger charge is 2.19. The summed E-state index contributed by atoms with van der Waals surface area (Å²) >= 11 is 0. The molecule has 1 rings (SSSR count). The predicted octanol–water partition coefficient (Wildman–Crippen LogP) is 1.52. The minimum atomic E-state index is -0.181. The van der Waals surface area contributed by atoms with E-state index in [2.05, 4.69) is 6.58 Å². The van der Waals surface area contributed by atoms with Crippen LogP contribution in [0.5, 0.6) is 0 Å². The van der Waals surface area contributed by atoms with Crippen molar-refractivity contribution < 1.29 is 4.74 Å². The molecule has 1 unspecified atom stereocenters. The van der Waals surface area contributed by atoms with Crippen molar-refractivity contribution in [3.05, 3.63) is 24.8 Å².